The summed E-state index contributed by atoms with van der Waals surface area (Å²) < 4.78 is 5.87. The Balaban J connectivity index is 1.64. The summed E-state index contributed by atoms with van der Waals surface area (Å²) in [6.07, 6.45) is 5.25. The second-order valence-corrected chi connectivity index (χ2v) is 8.06. The van der Waals surface area contributed by atoms with Crippen molar-refractivity contribution >= 4 is 11.9 Å². The van der Waals surface area contributed by atoms with E-state index in [1.807, 2.05) is 0 Å². The smallest absolute Gasteiger partial charge is 0.243 e. The molecule has 1 fully saturated rings. The van der Waals surface area contributed by atoms with Gasteiger partial charge in [0.25, 0.3) is 0 Å². The molecular formula is C21H32N4O2. The van der Waals surface area contributed by atoms with Gasteiger partial charge in [0.2, 0.25) is 5.91 Å². The standard InChI is InChI=1S/C21H32N4O2/c1-21(11-6-12-27-21)15-23-20(22-14-19(26)25(2)3)24-18-10-9-16-7-4-5-8-17(16)13-18/h4-5,7-8,18H,6,9-15H2,1-3H3,(H2,22,23,24). The SMILES string of the molecule is CN(C)C(=O)CN=C(NCC1(C)CCCO1)NC1CCc2ccccc2C1. The highest BCUT2D eigenvalue weighted by Crippen LogP contribution is 2.24. The molecule has 1 aliphatic heterocycles. The molecule has 1 aliphatic carbocycles. The maximum atomic E-state index is 12.0. The third-order valence-electron chi connectivity index (χ3n) is 5.49. The zero-order valence-electron chi connectivity index (χ0n) is 16.8. The predicted octanol–water partition coefficient (Wildman–Crippen LogP) is 1.74. The van der Waals surface area contributed by atoms with Crippen molar-refractivity contribution < 1.29 is 9.53 Å². The zero-order valence-corrected chi connectivity index (χ0v) is 16.8. The summed E-state index contributed by atoms with van der Waals surface area (Å²) >= 11 is 0. The molecule has 6 nitrogen and oxygen atoms in total. The first kappa shape index (κ1) is 19.7. The highest BCUT2D eigenvalue weighted by Gasteiger charge is 2.30. The minimum Gasteiger partial charge on any atom is -0.373 e. The van der Waals surface area contributed by atoms with E-state index in [9.17, 15) is 4.79 Å². The maximum Gasteiger partial charge on any atom is 0.243 e. The van der Waals surface area contributed by atoms with Gasteiger partial charge >= 0.3 is 0 Å². The molecule has 2 unspecified atom stereocenters. The Kier molecular flexibility index (Phi) is 6.37. The third kappa shape index (κ3) is 5.45. The van der Waals surface area contributed by atoms with Crippen LogP contribution in [0.5, 0.6) is 0 Å². The summed E-state index contributed by atoms with van der Waals surface area (Å²) in [5.41, 5.74) is 2.68. The second kappa shape index (κ2) is 8.74. The molecule has 0 radical (unpaired) electrons. The van der Waals surface area contributed by atoms with Gasteiger partial charge in [0.1, 0.15) is 6.54 Å². The number of carbonyl (C=O) groups excluding carboxylic acids is 1. The first-order valence-corrected chi connectivity index (χ1v) is 9.91. The lowest BCUT2D eigenvalue weighted by Crippen LogP contribution is -2.50. The number of nitrogens with one attached hydrogen (secondary N) is 2. The number of aliphatic imine (C=N–C) groups is 1. The van der Waals surface area contributed by atoms with Crippen LogP contribution in [-0.4, -0.2) is 62.2 Å². The molecule has 3 rings (SSSR count). The van der Waals surface area contributed by atoms with Crippen LogP contribution in [0, 0.1) is 0 Å². The summed E-state index contributed by atoms with van der Waals surface area (Å²) in [4.78, 5) is 18.1. The Bertz CT molecular complexity index is 681. The molecule has 0 spiro atoms. The number of benzene rings is 1. The van der Waals surface area contributed by atoms with Gasteiger partial charge < -0.3 is 20.3 Å². The molecule has 2 aliphatic rings. The van der Waals surface area contributed by atoms with Gasteiger partial charge in [0.15, 0.2) is 5.96 Å². The highest BCUT2D eigenvalue weighted by atomic mass is 16.5. The van der Waals surface area contributed by atoms with Crippen LogP contribution in [0.1, 0.15) is 37.3 Å². The van der Waals surface area contributed by atoms with Gasteiger partial charge in [-0.05, 0) is 50.2 Å². The van der Waals surface area contributed by atoms with Crippen molar-refractivity contribution in [3.63, 3.8) is 0 Å². The predicted molar refractivity (Wildman–Crippen MR) is 108 cm³/mol. The van der Waals surface area contributed by atoms with Crippen LogP contribution in [0.15, 0.2) is 29.3 Å². The molecule has 6 heteroatoms. The fraction of sp³-hybridized carbons (Fsp3) is 0.619. The van der Waals surface area contributed by atoms with Crippen molar-refractivity contribution in [2.24, 2.45) is 4.99 Å². The van der Waals surface area contributed by atoms with Gasteiger partial charge in [-0.2, -0.15) is 0 Å². The largest absolute Gasteiger partial charge is 0.373 e. The van der Waals surface area contributed by atoms with E-state index in [-0.39, 0.29) is 18.1 Å². The summed E-state index contributed by atoms with van der Waals surface area (Å²) in [5, 5.41) is 6.96. The molecule has 1 saturated heterocycles. The highest BCUT2D eigenvalue weighted by molar-refractivity contribution is 5.85. The average molecular weight is 373 g/mol. The number of carbonyl (C=O) groups is 1. The number of nitrogens with zero attached hydrogens (tertiary/aromatic N) is 2. The van der Waals surface area contributed by atoms with Crippen LogP contribution in [0.25, 0.3) is 0 Å². The minimum atomic E-state index is -0.160. The van der Waals surface area contributed by atoms with Crippen molar-refractivity contribution in [2.45, 2.75) is 50.7 Å². The van der Waals surface area contributed by atoms with Crippen molar-refractivity contribution in [3.8, 4) is 0 Å². The Morgan fingerprint density at radius 1 is 1.33 bits per heavy atom. The molecule has 0 aromatic heterocycles. The number of hydrogen-bond acceptors (Lipinski definition) is 3. The van der Waals surface area contributed by atoms with E-state index in [4.69, 9.17) is 4.74 Å². The molecule has 148 valence electrons. The fourth-order valence-electron chi connectivity index (χ4n) is 3.70. The first-order valence-electron chi connectivity index (χ1n) is 9.91. The fourth-order valence-corrected chi connectivity index (χ4v) is 3.70. The van der Waals surface area contributed by atoms with E-state index >= 15 is 0 Å². The van der Waals surface area contributed by atoms with Crippen LogP contribution >= 0.6 is 0 Å². The Morgan fingerprint density at radius 3 is 2.81 bits per heavy atom. The summed E-state index contributed by atoms with van der Waals surface area (Å²) in [6.45, 7) is 3.78. The van der Waals surface area contributed by atoms with Gasteiger partial charge in [-0.1, -0.05) is 24.3 Å². The van der Waals surface area contributed by atoms with Crippen molar-refractivity contribution in [1.29, 1.82) is 0 Å². The van der Waals surface area contributed by atoms with Gasteiger partial charge in [0, 0.05) is 33.3 Å². The average Bonchev–Trinajstić information content (AvgIpc) is 3.10. The second-order valence-electron chi connectivity index (χ2n) is 8.06. The minimum absolute atomic E-state index is 0.00609. The molecular weight excluding hydrogens is 340 g/mol. The Labute approximate surface area is 162 Å². The quantitative estimate of drug-likeness (QED) is 0.610. The van der Waals surface area contributed by atoms with Crippen LogP contribution in [0.2, 0.25) is 0 Å². The van der Waals surface area contributed by atoms with Crippen LogP contribution in [0.4, 0.5) is 0 Å². The van der Waals surface area contributed by atoms with Crippen molar-refractivity contribution in [1.82, 2.24) is 15.5 Å². The summed E-state index contributed by atoms with van der Waals surface area (Å²) in [5.74, 6) is 0.694. The summed E-state index contributed by atoms with van der Waals surface area (Å²) in [7, 11) is 3.51. The number of aryl methyl sites for hydroxylation is 1. The number of ether oxygens (including phenoxy) is 1. The Hall–Kier alpha value is -2.08. The van der Waals surface area contributed by atoms with Gasteiger partial charge in [-0.15, -0.1) is 0 Å². The van der Waals surface area contributed by atoms with Crippen molar-refractivity contribution in [3.05, 3.63) is 35.4 Å². The van der Waals surface area contributed by atoms with E-state index in [2.05, 4.69) is 46.8 Å². The molecule has 1 aromatic rings. The molecule has 2 N–H and O–H groups in total. The lowest BCUT2D eigenvalue weighted by molar-refractivity contribution is -0.127. The molecule has 1 amide bonds. The lowest BCUT2D eigenvalue weighted by atomic mass is 9.88. The molecule has 2 atom stereocenters. The third-order valence-corrected chi connectivity index (χ3v) is 5.49. The maximum absolute atomic E-state index is 12.0. The van der Waals surface area contributed by atoms with Crippen molar-refractivity contribution in [2.75, 3.05) is 33.8 Å². The van der Waals surface area contributed by atoms with E-state index in [0.717, 1.165) is 38.7 Å². The topological polar surface area (TPSA) is 66.0 Å². The van der Waals surface area contributed by atoms with E-state index in [1.165, 1.54) is 11.1 Å². The lowest BCUT2D eigenvalue weighted by Gasteiger charge is -2.29. The van der Waals surface area contributed by atoms with Crippen LogP contribution < -0.4 is 10.6 Å². The van der Waals surface area contributed by atoms with E-state index in [0.29, 0.717) is 18.5 Å². The molecule has 27 heavy (non-hydrogen) atoms. The van der Waals surface area contributed by atoms with Crippen LogP contribution in [-0.2, 0) is 22.4 Å². The molecule has 0 saturated carbocycles. The van der Waals surface area contributed by atoms with E-state index < -0.39 is 0 Å². The number of guanidine groups is 1. The summed E-state index contributed by atoms with van der Waals surface area (Å²) in [6, 6.07) is 8.94. The first-order chi connectivity index (χ1) is 13.0. The number of likely N-dealkylation sites (N-methyl/N-ethyl adjacent to an activating group) is 1. The normalized spacial score (nSPS) is 25.0. The number of hydrogen-bond donors (Lipinski definition) is 2. The molecule has 1 aromatic carbocycles. The van der Waals surface area contributed by atoms with Gasteiger partial charge in [0.05, 0.1) is 5.60 Å². The number of rotatable bonds is 5. The molecule has 0 bridgehead atoms. The Morgan fingerprint density at radius 2 is 2.11 bits per heavy atom. The van der Waals surface area contributed by atoms with Gasteiger partial charge in [-0.25, -0.2) is 4.99 Å². The zero-order chi connectivity index (χ0) is 19.3. The van der Waals surface area contributed by atoms with E-state index in [1.54, 1.807) is 19.0 Å². The molecule has 1 heterocycles. The number of amides is 1. The van der Waals surface area contributed by atoms with Gasteiger partial charge in [-0.3, -0.25) is 4.79 Å². The van der Waals surface area contributed by atoms with Crippen LogP contribution in [0.3, 0.4) is 0 Å². The number of fused-ring (bicyclic) bond motifs is 1. The monoisotopic (exact) mass is 372 g/mol.